The van der Waals surface area contributed by atoms with Gasteiger partial charge in [0, 0.05) is 0 Å². The molecule has 1 unspecified atom stereocenters. The molecule has 1 N–H and O–H groups in total. The second-order valence-electron chi connectivity index (χ2n) is 3.90. The molecule has 0 bridgehead atoms. The topological polar surface area (TPSA) is 29.5 Å². The van der Waals surface area contributed by atoms with E-state index < -0.39 is 0 Å². The molecule has 1 aromatic rings. The summed E-state index contributed by atoms with van der Waals surface area (Å²) in [4.78, 5) is 0. The first-order chi connectivity index (χ1) is 7.22. The minimum absolute atomic E-state index is 0.295. The molecule has 1 rings (SSSR count). The van der Waals surface area contributed by atoms with Crippen molar-refractivity contribution >= 4 is 0 Å². The molecule has 0 aromatic heterocycles. The molecule has 0 heterocycles. The minimum Gasteiger partial charge on any atom is -0.494 e. The van der Waals surface area contributed by atoms with Crippen molar-refractivity contribution in [3.63, 3.8) is 0 Å². The molecule has 0 amide bonds. The van der Waals surface area contributed by atoms with E-state index in [-0.39, 0.29) is 6.10 Å². The quantitative estimate of drug-likeness (QED) is 0.728. The van der Waals surface area contributed by atoms with E-state index in [9.17, 15) is 5.11 Å². The predicted molar refractivity (Wildman–Crippen MR) is 62.2 cm³/mol. The smallest absolute Gasteiger partial charge is 0.119 e. The van der Waals surface area contributed by atoms with Gasteiger partial charge in [-0.3, -0.25) is 0 Å². The van der Waals surface area contributed by atoms with Gasteiger partial charge < -0.3 is 9.84 Å². The van der Waals surface area contributed by atoms with E-state index in [4.69, 9.17) is 4.74 Å². The maximum atomic E-state index is 9.27. The van der Waals surface area contributed by atoms with E-state index in [0.29, 0.717) is 6.42 Å². The summed E-state index contributed by atoms with van der Waals surface area (Å²) >= 11 is 0. The van der Waals surface area contributed by atoms with Crippen molar-refractivity contribution in [1.82, 2.24) is 0 Å². The van der Waals surface area contributed by atoms with Crippen molar-refractivity contribution in [2.45, 2.75) is 39.2 Å². The summed E-state index contributed by atoms with van der Waals surface area (Å²) in [6.45, 7) is 4.71. The first-order valence-electron chi connectivity index (χ1n) is 5.62. The largest absolute Gasteiger partial charge is 0.494 e. The third kappa shape index (κ3) is 4.84. The van der Waals surface area contributed by atoms with Crippen LogP contribution in [0.25, 0.3) is 0 Å². The molecular formula is C13H20O2. The normalized spacial score (nSPS) is 12.5. The molecule has 2 nitrogen and oxygen atoms in total. The molecule has 1 atom stereocenters. The molecule has 0 aliphatic rings. The van der Waals surface area contributed by atoms with Crippen LogP contribution in [0.5, 0.6) is 5.75 Å². The summed E-state index contributed by atoms with van der Waals surface area (Å²) in [5.41, 5.74) is 1.12. The van der Waals surface area contributed by atoms with E-state index in [2.05, 4.69) is 6.92 Å². The van der Waals surface area contributed by atoms with Crippen molar-refractivity contribution in [2.75, 3.05) is 6.61 Å². The SMILES string of the molecule is CCCCOc1cccc(CC(C)O)c1. The lowest BCUT2D eigenvalue weighted by Gasteiger charge is -2.08. The lowest BCUT2D eigenvalue weighted by atomic mass is 10.1. The van der Waals surface area contributed by atoms with Crippen LogP contribution < -0.4 is 4.74 Å². The Balaban J connectivity index is 2.50. The number of ether oxygens (including phenoxy) is 1. The Kier molecular flexibility index (Phi) is 5.19. The Morgan fingerprint density at radius 1 is 1.40 bits per heavy atom. The number of hydrogen-bond donors (Lipinski definition) is 1. The fraction of sp³-hybridized carbons (Fsp3) is 0.538. The van der Waals surface area contributed by atoms with Crippen molar-refractivity contribution in [3.8, 4) is 5.75 Å². The number of aliphatic hydroxyl groups is 1. The van der Waals surface area contributed by atoms with Crippen LogP contribution in [-0.4, -0.2) is 17.8 Å². The summed E-state index contributed by atoms with van der Waals surface area (Å²) in [6, 6.07) is 7.95. The molecule has 1 aromatic carbocycles. The van der Waals surface area contributed by atoms with E-state index in [0.717, 1.165) is 30.8 Å². The highest BCUT2D eigenvalue weighted by Crippen LogP contribution is 2.15. The molecule has 0 saturated carbocycles. The summed E-state index contributed by atoms with van der Waals surface area (Å²) in [6.07, 6.45) is 2.62. The zero-order chi connectivity index (χ0) is 11.1. The summed E-state index contributed by atoms with van der Waals surface area (Å²) < 4.78 is 5.59. The van der Waals surface area contributed by atoms with Crippen molar-refractivity contribution in [1.29, 1.82) is 0 Å². The van der Waals surface area contributed by atoms with E-state index >= 15 is 0 Å². The summed E-state index contributed by atoms with van der Waals surface area (Å²) in [5.74, 6) is 0.904. The van der Waals surface area contributed by atoms with E-state index in [1.54, 1.807) is 6.92 Å². The van der Waals surface area contributed by atoms with Crippen LogP contribution in [-0.2, 0) is 6.42 Å². The van der Waals surface area contributed by atoms with Crippen LogP contribution >= 0.6 is 0 Å². The zero-order valence-electron chi connectivity index (χ0n) is 9.57. The highest BCUT2D eigenvalue weighted by atomic mass is 16.5. The van der Waals surface area contributed by atoms with Gasteiger partial charge >= 0.3 is 0 Å². The highest BCUT2D eigenvalue weighted by molar-refractivity contribution is 5.28. The van der Waals surface area contributed by atoms with Crippen LogP contribution in [0.2, 0.25) is 0 Å². The van der Waals surface area contributed by atoms with Crippen molar-refractivity contribution in [2.24, 2.45) is 0 Å². The average Bonchev–Trinajstić information content (AvgIpc) is 2.18. The van der Waals surface area contributed by atoms with Gasteiger partial charge in [0.15, 0.2) is 0 Å². The maximum Gasteiger partial charge on any atom is 0.119 e. The van der Waals surface area contributed by atoms with Crippen molar-refractivity contribution < 1.29 is 9.84 Å². The Morgan fingerprint density at radius 2 is 2.20 bits per heavy atom. The van der Waals surface area contributed by atoms with Gasteiger partial charge in [0.25, 0.3) is 0 Å². The fourth-order valence-corrected chi connectivity index (χ4v) is 1.44. The molecule has 0 spiro atoms. The van der Waals surface area contributed by atoms with Gasteiger partial charge in [0.2, 0.25) is 0 Å². The van der Waals surface area contributed by atoms with Gasteiger partial charge in [0.05, 0.1) is 12.7 Å². The van der Waals surface area contributed by atoms with Gasteiger partial charge in [-0.15, -0.1) is 0 Å². The van der Waals surface area contributed by atoms with Crippen molar-refractivity contribution in [3.05, 3.63) is 29.8 Å². The molecule has 84 valence electrons. The lowest BCUT2D eigenvalue weighted by Crippen LogP contribution is -2.04. The molecule has 0 radical (unpaired) electrons. The standard InChI is InChI=1S/C13H20O2/c1-3-4-8-15-13-7-5-6-12(10-13)9-11(2)14/h5-7,10-11,14H,3-4,8-9H2,1-2H3. The van der Waals surface area contributed by atoms with Gasteiger partial charge in [0.1, 0.15) is 5.75 Å². The number of rotatable bonds is 6. The fourth-order valence-electron chi connectivity index (χ4n) is 1.44. The molecule has 0 fully saturated rings. The first kappa shape index (κ1) is 12.1. The van der Waals surface area contributed by atoms with Crippen LogP contribution in [0.15, 0.2) is 24.3 Å². The third-order valence-electron chi connectivity index (χ3n) is 2.20. The Hall–Kier alpha value is -1.02. The second-order valence-corrected chi connectivity index (χ2v) is 3.90. The van der Waals surface area contributed by atoms with Crippen LogP contribution in [0, 0.1) is 0 Å². The minimum atomic E-state index is -0.295. The van der Waals surface area contributed by atoms with Crippen LogP contribution in [0.4, 0.5) is 0 Å². The van der Waals surface area contributed by atoms with Crippen LogP contribution in [0.3, 0.4) is 0 Å². The number of aliphatic hydroxyl groups excluding tert-OH is 1. The molecule has 0 saturated heterocycles. The van der Waals surface area contributed by atoms with E-state index in [1.165, 1.54) is 0 Å². The number of benzene rings is 1. The summed E-state index contributed by atoms with van der Waals surface area (Å²) in [7, 11) is 0. The maximum absolute atomic E-state index is 9.27. The van der Waals surface area contributed by atoms with Crippen LogP contribution in [0.1, 0.15) is 32.3 Å². The Labute approximate surface area is 91.9 Å². The molecule has 15 heavy (non-hydrogen) atoms. The van der Waals surface area contributed by atoms with Gasteiger partial charge in [-0.05, 0) is 37.5 Å². The van der Waals surface area contributed by atoms with E-state index in [1.807, 2.05) is 24.3 Å². The lowest BCUT2D eigenvalue weighted by molar-refractivity contribution is 0.195. The van der Waals surface area contributed by atoms with Gasteiger partial charge in [-0.1, -0.05) is 25.5 Å². The Bertz CT molecular complexity index is 282. The number of unbranched alkanes of at least 4 members (excludes halogenated alkanes) is 1. The molecule has 0 aliphatic heterocycles. The average molecular weight is 208 g/mol. The summed E-state index contributed by atoms with van der Waals surface area (Å²) in [5, 5.41) is 9.27. The first-order valence-corrected chi connectivity index (χ1v) is 5.62. The molecule has 2 heteroatoms. The Morgan fingerprint density at radius 3 is 2.87 bits per heavy atom. The third-order valence-corrected chi connectivity index (χ3v) is 2.20. The molecule has 0 aliphatic carbocycles. The number of hydrogen-bond acceptors (Lipinski definition) is 2. The monoisotopic (exact) mass is 208 g/mol. The van der Waals surface area contributed by atoms with Gasteiger partial charge in [-0.25, -0.2) is 0 Å². The van der Waals surface area contributed by atoms with Gasteiger partial charge in [-0.2, -0.15) is 0 Å². The highest BCUT2D eigenvalue weighted by Gasteiger charge is 2.00. The predicted octanol–water partition coefficient (Wildman–Crippen LogP) is 2.79. The molecular weight excluding hydrogens is 188 g/mol. The zero-order valence-corrected chi connectivity index (χ0v) is 9.57. The second kappa shape index (κ2) is 6.46.